The van der Waals surface area contributed by atoms with Crippen LogP contribution in [0.3, 0.4) is 0 Å². The molecular formula is C17H21N3OS. The van der Waals surface area contributed by atoms with Gasteiger partial charge in [0.25, 0.3) is 5.91 Å². The Bertz CT molecular complexity index is 609. The zero-order valence-electron chi connectivity index (χ0n) is 12.8. The first kappa shape index (κ1) is 15.0. The average molecular weight is 315 g/mol. The van der Waals surface area contributed by atoms with Crippen molar-refractivity contribution < 1.29 is 4.79 Å². The van der Waals surface area contributed by atoms with Crippen LogP contribution >= 0.6 is 11.3 Å². The molecule has 1 aliphatic heterocycles. The highest BCUT2D eigenvalue weighted by Crippen LogP contribution is 2.22. The van der Waals surface area contributed by atoms with Gasteiger partial charge in [-0.25, -0.2) is 4.98 Å². The van der Waals surface area contributed by atoms with Crippen LogP contribution in [0.15, 0.2) is 35.8 Å². The lowest BCUT2D eigenvalue weighted by Crippen LogP contribution is -2.37. The molecule has 0 aliphatic carbocycles. The topological polar surface area (TPSA) is 45.2 Å². The van der Waals surface area contributed by atoms with Gasteiger partial charge in [-0.1, -0.05) is 25.5 Å². The van der Waals surface area contributed by atoms with Crippen LogP contribution in [-0.4, -0.2) is 30.0 Å². The number of hydrogen-bond acceptors (Lipinski definition) is 4. The number of nitrogens with zero attached hydrogens (tertiary/aromatic N) is 2. The van der Waals surface area contributed by atoms with Crippen molar-refractivity contribution in [3.8, 4) is 0 Å². The predicted octanol–water partition coefficient (Wildman–Crippen LogP) is 3.10. The molecule has 1 aromatic heterocycles. The van der Waals surface area contributed by atoms with Gasteiger partial charge in [-0.15, -0.1) is 11.3 Å². The molecule has 1 aliphatic rings. The smallest absolute Gasteiger partial charge is 0.251 e. The molecule has 2 heterocycles. The summed E-state index contributed by atoms with van der Waals surface area (Å²) in [6, 6.07) is 8.15. The molecule has 116 valence electrons. The lowest BCUT2D eigenvalue weighted by molar-refractivity contribution is 0.0940. The molecule has 2 aromatic rings. The number of carbonyl (C=O) groups excluding carboxylic acids is 1. The molecular weight excluding hydrogens is 294 g/mol. The van der Waals surface area contributed by atoms with Crippen LogP contribution in [0.5, 0.6) is 0 Å². The van der Waals surface area contributed by atoms with Crippen LogP contribution in [0, 0.1) is 0 Å². The maximum absolute atomic E-state index is 12.3. The highest BCUT2D eigenvalue weighted by Gasteiger charge is 2.25. The van der Waals surface area contributed by atoms with Crippen molar-refractivity contribution in [2.24, 2.45) is 0 Å². The number of rotatable bonds is 5. The second-order valence-electron chi connectivity index (χ2n) is 5.67. The quantitative estimate of drug-likeness (QED) is 0.922. The Hall–Kier alpha value is -1.88. The summed E-state index contributed by atoms with van der Waals surface area (Å²) in [5, 5.41) is 6.16. The summed E-state index contributed by atoms with van der Waals surface area (Å²) in [7, 11) is 0. The minimum Gasteiger partial charge on any atom is -0.347 e. The predicted molar refractivity (Wildman–Crippen MR) is 90.6 cm³/mol. The van der Waals surface area contributed by atoms with Crippen molar-refractivity contribution in [1.29, 1.82) is 0 Å². The van der Waals surface area contributed by atoms with Crippen molar-refractivity contribution in [2.45, 2.75) is 32.2 Å². The Balaban J connectivity index is 1.56. The number of aromatic nitrogens is 1. The average Bonchev–Trinajstić information content (AvgIpc) is 3.19. The molecule has 0 saturated carbocycles. The summed E-state index contributed by atoms with van der Waals surface area (Å²) in [5.41, 5.74) is 2.03. The third kappa shape index (κ3) is 3.47. The Morgan fingerprint density at radius 1 is 1.41 bits per heavy atom. The van der Waals surface area contributed by atoms with Gasteiger partial charge in [0.05, 0.1) is 0 Å². The molecule has 0 spiro atoms. The molecule has 0 radical (unpaired) electrons. The van der Waals surface area contributed by atoms with Crippen molar-refractivity contribution in [3.63, 3.8) is 0 Å². The van der Waals surface area contributed by atoms with E-state index in [1.54, 1.807) is 11.3 Å². The maximum Gasteiger partial charge on any atom is 0.251 e. The molecule has 1 amide bonds. The highest BCUT2D eigenvalue weighted by atomic mass is 32.1. The van der Waals surface area contributed by atoms with Gasteiger partial charge in [0, 0.05) is 36.3 Å². The van der Waals surface area contributed by atoms with E-state index in [4.69, 9.17) is 0 Å². The van der Waals surface area contributed by atoms with Crippen LogP contribution in [0.1, 0.15) is 35.7 Å². The number of amides is 1. The number of carbonyl (C=O) groups is 1. The van der Waals surface area contributed by atoms with Gasteiger partial charge in [-0.05, 0) is 30.5 Å². The first-order valence-corrected chi connectivity index (χ1v) is 8.68. The number of nitrogens with one attached hydrogen (secondary N) is 1. The van der Waals surface area contributed by atoms with E-state index in [0.29, 0.717) is 0 Å². The van der Waals surface area contributed by atoms with Crippen LogP contribution in [0.4, 0.5) is 5.13 Å². The molecule has 3 rings (SSSR count). The fourth-order valence-electron chi connectivity index (χ4n) is 2.80. The summed E-state index contributed by atoms with van der Waals surface area (Å²) < 4.78 is 0. The zero-order valence-corrected chi connectivity index (χ0v) is 13.6. The van der Waals surface area contributed by atoms with Crippen molar-refractivity contribution in [3.05, 3.63) is 47.0 Å². The molecule has 1 atom stereocenters. The monoisotopic (exact) mass is 315 g/mol. The second-order valence-corrected chi connectivity index (χ2v) is 6.54. The summed E-state index contributed by atoms with van der Waals surface area (Å²) in [4.78, 5) is 18.9. The van der Waals surface area contributed by atoms with E-state index in [1.165, 1.54) is 5.56 Å². The fourth-order valence-corrected chi connectivity index (χ4v) is 3.48. The van der Waals surface area contributed by atoms with Gasteiger partial charge < -0.3 is 10.2 Å². The second kappa shape index (κ2) is 6.92. The van der Waals surface area contributed by atoms with Crippen LogP contribution in [0.25, 0.3) is 0 Å². The minimum absolute atomic E-state index is 0.0223. The first-order chi connectivity index (χ1) is 10.8. The summed E-state index contributed by atoms with van der Waals surface area (Å²) in [5.74, 6) is 0.0223. The number of aryl methyl sites for hydroxylation is 1. The lowest BCUT2D eigenvalue weighted by Gasteiger charge is -2.16. The largest absolute Gasteiger partial charge is 0.347 e. The van der Waals surface area contributed by atoms with Crippen LogP contribution < -0.4 is 10.2 Å². The standard InChI is InChI=1S/C17H21N3OS/c1-2-3-13-4-6-14(7-5-13)16(21)19-15-8-10-20(12-15)17-18-9-11-22-17/h4-7,9,11,15H,2-3,8,10,12H2,1H3,(H,19,21). The zero-order chi connectivity index (χ0) is 15.4. The van der Waals surface area contributed by atoms with E-state index in [1.807, 2.05) is 23.7 Å². The van der Waals surface area contributed by atoms with E-state index < -0.39 is 0 Å². The maximum atomic E-state index is 12.3. The van der Waals surface area contributed by atoms with Crippen molar-refractivity contribution in [1.82, 2.24) is 10.3 Å². The number of anilines is 1. The van der Waals surface area contributed by atoms with Crippen LogP contribution in [-0.2, 0) is 6.42 Å². The number of hydrogen-bond donors (Lipinski definition) is 1. The van der Waals surface area contributed by atoms with Gasteiger partial charge in [0.15, 0.2) is 5.13 Å². The summed E-state index contributed by atoms with van der Waals surface area (Å²) >= 11 is 1.65. The third-order valence-corrected chi connectivity index (χ3v) is 4.80. The van der Waals surface area contributed by atoms with E-state index in [2.05, 4.69) is 34.3 Å². The molecule has 1 fully saturated rings. The van der Waals surface area contributed by atoms with Gasteiger partial charge >= 0.3 is 0 Å². The van der Waals surface area contributed by atoms with Crippen molar-refractivity contribution in [2.75, 3.05) is 18.0 Å². The molecule has 0 bridgehead atoms. The fraction of sp³-hybridized carbons (Fsp3) is 0.412. The number of benzene rings is 1. The van der Waals surface area contributed by atoms with Gasteiger partial charge in [0.1, 0.15) is 0 Å². The SMILES string of the molecule is CCCc1ccc(C(=O)NC2CCN(c3nccs3)C2)cc1. The molecule has 1 N–H and O–H groups in total. The molecule has 4 nitrogen and oxygen atoms in total. The lowest BCUT2D eigenvalue weighted by atomic mass is 10.1. The van der Waals surface area contributed by atoms with E-state index in [-0.39, 0.29) is 11.9 Å². The summed E-state index contributed by atoms with van der Waals surface area (Å²) in [6.07, 6.45) is 4.98. The third-order valence-electron chi connectivity index (χ3n) is 3.97. The van der Waals surface area contributed by atoms with Gasteiger partial charge in [-0.2, -0.15) is 0 Å². The Morgan fingerprint density at radius 2 is 2.23 bits per heavy atom. The Morgan fingerprint density at radius 3 is 2.91 bits per heavy atom. The minimum atomic E-state index is 0.0223. The van der Waals surface area contributed by atoms with E-state index >= 15 is 0 Å². The molecule has 1 aromatic carbocycles. The Kier molecular flexibility index (Phi) is 4.73. The molecule has 1 saturated heterocycles. The summed E-state index contributed by atoms with van der Waals surface area (Å²) in [6.45, 7) is 3.95. The highest BCUT2D eigenvalue weighted by molar-refractivity contribution is 7.13. The molecule has 5 heteroatoms. The number of thiazole rings is 1. The van der Waals surface area contributed by atoms with Gasteiger partial charge in [-0.3, -0.25) is 4.79 Å². The van der Waals surface area contributed by atoms with Crippen molar-refractivity contribution >= 4 is 22.4 Å². The molecule has 1 unspecified atom stereocenters. The van der Waals surface area contributed by atoms with E-state index in [9.17, 15) is 4.79 Å². The molecule has 22 heavy (non-hydrogen) atoms. The van der Waals surface area contributed by atoms with Gasteiger partial charge in [0.2, 0.25) is 0 Å². The Labute approximate surface area is 135 Å². The normalized spacial score (nSPS) is 17.7. The van der Waals surface area contributed by atoms with Crippen LogP contribution in [0.2, 0.25) is 0 Å². The van der Waals surface area contributed by atoms with E-state index in [0.717, 1.165) is 43.0 Å². The first-order valence-electron chi connectivity index (χ1n) is 7.80.